The molecule has 2 aliphatic rings. The molecule has 3 aromatic rings. The zero-order chi connectivity index (χ0) is 32.6. The number of carboxylic acids is 2. The smallest absolute Gasteiger partial charge is 0.312 e. The molecule has 11 heteroatoms. The second-order valence-corrected chi connectivity index (χ2v) is 13.1. The third-order valence-corrected chi connectivity index (χ3v) is 10.8. The maximum atomic E-state index is 13.4. The summed E-state index contributed by atoms with van der Waals surface area (Å²) in [6.45, 7) is 4.90. The van der Waals surface area contributed by atoms with E-state index in [-0.39, 0.29) is 23.1 Å². The highest BCUT2D eigenvalue weighted by Gasteiger charge is 2.65. The largest absolute Gasteiger partial charge is 0.481 e. The van der Waals surface area contributed by atoms with Gasteiger partial charge in [0, 0.05) is 34.5 Å². The summed E-state index contributed by atoms with van der Waals surface area (Å²) in [5, 5.41) is 36.9. The first-order chi connectivity index (χ1) is 21.4. The molecular formula is C34H39ClN4O6. The first kappa shape index (κ1) is 32.6. The molecule has 5 unspecified atom stereocenters. The predicted octanol–water partition coefficient (Wildman–Crippen LogP) is 5.24. The Morgan fingerprint density at radius 2 is 1.62 bits per heavy atom. The van der Waals surface area contributed by atoms with Gasteiger partial charge < -0.3 is 20.8 Å². The maximum absolute atomic E-state index is 13.4. The fraction of sp³-hybridized carbons (Fsp3) is 0.412. The lowest BCUT2D eigenvalue weighted by molar-refractivity contribution is -0.385. The highest BCUT2D eigenvalue weighted by molar-refractivity contribution is 6.30. The number of nitrogens with zero attached hydrogens (tertiary/aromatic N) is 2. The highest BCUT2D eigenvalue weighted by atomic mass is 35.5. The van der Waals surface area contributed by atoms with Crippen LogP contribution < -0.4 is 11.1 Å². The van der Waals surface area contributed by atoms with Crippen molar-refractivity contribution in [2.45, 2.75) is 56.7 Å². The van der Waals surface area contributed by atoms with Crippen LogP contribution in [0, 0.1) is 20.9 Å². The number of benzene rings is 3. The Labute approximate surface area is 267 Å². The Hall–Kier alpha value is -3.83. The molecule has 0 amide bonds. The van der Waals surface area contributed by atoms with Gasteiger partial charge in [-0.3, -0.25) is 25.0 Å². The molecule has 0 saturated carbocycles. The number of carboxylic acid groups (broad SMARTS) is 2. The number of aliphatic carboxylic acids is 2. The average molecular weight is 635 g/mol. The summed E-state index contributed by atoms with van der Waals surface area (Å²) in [4.78, 5) is 39.7. The molecule has 5 N–H and O–H groups in total. The number of rotatable bonds is 9. The van der Waals surface area contributed by atoms with Gasteiger partial charge in [0.25, 0.3) is 5.69 Å². The maximum Gasteiger partial charge on any atom is 0.312 e. The SMILES string of the molecule is CC1NC(N)C(C)(C(=O)O)C(c2cccc([N+](=O)[O-])c2)C1(CCN1CCC(c2ccccc2)(c2ccc(Cl)cc2)CC1)C(=O)O. The second-order valence-electron chi connectivity index (χ2n) is 12.6. The summed E-state index contributed by atoms with van der Waals surface area (Å²) in [6.07, 6.45) is 0.595. The van der Waals surface area contributed by atoms with Crippen LogP contribution in [0.1, 0.15) is 55.7 Å². The van der Waals surface area contributed by atoms with Crippen LogP contribution in [0.25, 0.3) is 0 Å². The van der Waals surface area contributed by atoms with Crippen molar-refractivity contribution in [3.63, 3.8) is 0 Å². The molecule has 2 fully saturated rings. The first-order valence-electron chi connectivity index (χ1n) is 15.1. The summed E-state index contributed by atoms with van der Waals surface area (Å²) in [6, 6.07) is 23.2. The van der Waals surface area contributed by atoms with Crippen LogP contribution in [0.2, 0.25) is 5.02 Å². The van der Waals surface area contributed by atoms with E-state index in [4.69, 9.17) is 17.3 Å². The van der Waals surface area contributed by atoms with Crippen molar-refractivity contribution in [1.82, 2.24) is 10.2 Å². The van der Waals surface area contributed by atoms with Crippen LogP contribution in [0.15, 0.2) is 78.9 Å². The molecule has 0 aromatic heterocycles. The zero-order valence-corrected chi connectivity index (χ0v) is 26.1. The second kappa shape index (κ2) is 12.5. The molecule has 238 valence electrons. The number of piperidine rings is 2. The zero-order valence-electron chi connectivity index (χ0n) is 25.4. The van der Waals surface area contributed by atoms with Gasteiger partial charge in [0.05, 0.1) is 16.5 Å². The molecule has 0 radical (unpaired) electrons. The van der Waals surface area contributed by atoms with Gasteiger partial charge in [-0.15, -0.1) is 0 Å². The van der Waals surface area contributed by atoms with Crippen LogP contribution in [0.5, 0.6) is 0 Å². The molecule has 2 aliphatic heterocycles. The Morgan fingerprint density at radius 1 is 1.00 bits per heavy atom. The van der Waals surface area contributed by atoms with E-state index < -0.39 is 45.8 Å². The number of nitrogens with one attached hydrogen (secondary N) is 1. The molecular weight excluding hydrogens is 596 g/mol. The summed E-state index contributed by atoms with van der Waals surface area (Å²) in [5.41, 5.74) is 5.14. The van der Waals surface area contributed by atoms with Crippen molar-refractivity contribution in [2.75, 3.05) is 19.6 Å². The monoisotopic (exact) mass is 634 g/mol. The lowest BCUT2D eigenvalue weighted by Crippen LogP contribution is -2.72. The number of nitro benzene ring substituents is 1. The summed E-state index contributed by atoms with van der Waals surface area (Å²) in [5.74, 6) is -3.60. The molecule has 3 aromatic carbocycles. The van der Waals surface area contributed by atoms with Crippen molar-refractivity contribution < 1.29 is 24.7 Å². The van der Waals surface area contributed by atoms with Gasteiger partial charge in [-0.25, -0.2) is 0 Å². The van der Waals surface area contributed by atoms with Crippen molar-refractivity contribution in [2.24, 2.45) is 16.6 Å². The van der Waals surface area contributed by atoms with Crippen LogP contribution in [-0.4, -0.2) is 63.8 Å². The number of hydrogen-bond acceptors (Lipinski definition) is 7. The predicted molar refractivity (Wildman–Crippen MR) is 171 cm³/mol. The summed E-state index contributed by atoms with van der Waals surface area (Å²) < 4.78 is 0. The number of nitrogens with two attached hydrogens (primary N) is 1. The van der Waals surface area contributed by atoms with Gasteiger partial charge in [0.2, 0.25) is 0 Å². The van der Waals surface area contributed by atoms with Crippen molar-refractivity contribution >= 4 is 29.2 Å². The highest BCUT2D eigenvalue weighted by Crippen LogP contribution is 2.56. The number of likely N-dealkylation sites (tertiary alicyclic amines) is 1. The number of non-ortho nitro benzene ring substituents is 1. The van der Waals surface area contributed by atoms with Crippen LogP contribution in [0.4, 0.5) is 5.69 Å². The molecule has 45 heavy (non-hydrogen) atoms. The van der Waals surface area contributed by atoms with Gasteiger partial charge in [0.1, 0.15) is 5.41 Å². The fourth-order valence-electron chi connectivity index (χ4n) is 7.82. The van der Waals surface area contributed by atoms with Gasteiger partial charge in [0.15, 0.2) is 0 Å². The van der Waals surface area contributed by atoms with Gasteiger partial charge >= 0.3 is 11.9 Å². The lowest BCUT2D eigenvalue weighted by Gasteiger charge is -2.56. The fourth-order valence-corrected chi connectivity index (χ4v) is 7.95. The van der Waals surface area contributed by atoms with Crippen LogP contribution in [-0.2, 0) is 15.0 Å². The van der Waals surface area contributed by atoms with Crippen molar-refractivity contribution in [3.05, 3.63) is 111 Å². The van der Waals surface area contributed by atoms with E-state index >= 15 is 0 Å². The molecule has 2 heterocycles. The molecule has 10 nitrogen and oxygen atoms in total. The molecule has 0 spiro atoms. The minimum atomic E-state index is -1.78. The quantitative estimate of drug-likeness (QED) is 0.182. The summed E-state index contributed by atoms with van der Waals surface area (Å²) >= 11 is 6.22. The van der Waals surface area contributed by atoms with Gasteiger partial charge in [-0.1, -0.05) is 66.2 Å². The minimum Gasteiger partial charge on any atom is -0.481 e. The molecule has 5 rings (SSSR count). The van der Waals surface area contributed by atoms with E-state index in [1.807, 2.05) is 30.3 Å². The van der Waals surface area contributed by atoms with E-state index in [1.165, 1.54) is 36.2 Å². The van der Waals surface area contributed by atoms with E-state index in [2.05, 4.69) is 34.5 Å². The number of halogens is 1. The third kappa shape index (κ3) is 5.61. The third-order valence-electron chi connectivity index (χ3n) is 10.5. The Bertz CT molecular complexity index is 1560. The van der Waals surface area contributed by atoms with Gasteiger partial charge in [-0.2, -0.15) is 0 Å². The Morgan fingerprint density at radius 3 is 2.20 bits per heavy atom. The van der Waals surface area contributed by atoms with E-state index in [0.717, 1.165) is 12.8 Å². The summed E-state index contributed by atoms with van der Waals surface area (Å²) in [7, 11) is 0. The van der Waals surface area contributed by atoms with Crippen LogP contribution in [0.3, 0.4) is 0 Å². The van der Waals surface area contributed by atoms with Crippen molar-refractivity contribution in [3.8, 4) is 0 Å². The average Bonchev–Trinajstić information content (AvgIpc) is 3.03. The molecule has 2 saturated heterocycles. The number of nitro groups is 1. The topological polar surface area (TPSA) is 159 Å². The molecule has 0 aliphatic carbocycles. The van der Waals surface area contributed by atoms with E-state index in [0.29, 0.717) is 24.7 Å². The molecule has 0 bridgehead atoms. The van der Waals surface area contributed by atoms with Crippen molar-refractivity contribution in [1.29, 1.82) is 0 Å². The first-order valence-corrected chi connectivity index (χ1v) is 15.5. The van der Waals surface area contributed by atoms with Crippen LogP contribution >= 0.6 is 11.6 Å². The standard InChI is InChI=1S/C34H39ClN4O6/c1-22-34(31(42)43,28(32(2,30(40)41)29(36)37-22)23-7-6-10-27(21-23)39(44)45)17-20-38-18-15-33(16-19-38,24-8-4-3-5-9-24)25-11-13-26(35)14-12-25/h3-14,21-22,28-29,37H,15-20,36H2,1-2H3,(H,40,41)(H,42,43). The Kier molecular flexibility index (Phi) is 9.06. The van der Waals surface area contributed by atoms with E-state index in [9.17, 15) is 29.9 Å². The van der Waals surface area contributed by atoms with E-state index in [1.54, 1.807) is 13.0 Å². The number of hydrogen-bond donors (Lipinski definition) is 4. The molecule has 5 atom stereocenters. The lowest BCUT2D eigenvalue weighted by atomic mass is 9.52. The van der Waals surface area contributed by atoms with Gasteiger partial charge in [-0.05, 0) is 81.6 Å². The minimum absolute atomic E-state index is 0.110. The number of carbonyl (C=O) groups is 2. The normalized spacial score (nSPS) is 28.3. The Balaban J connectivity index is 1.49.